The van der Waals surface area contributed by atoms with Crippen molar-refractivity contribution in [2.24, 2.45) is 0 Å². The van der Waals surface area contributed by atoms with Gasteiger partial charge in [0.15, 0.2) is 0 Å². The molecule has 0 radical (unpaired) electrons. The van der Waals surface area contributed by atoms with Crippen LogP contribution in [0.25, 0.3) is 0 Å². The minimum absolute atomic E-state index is 0.00934. The Labute approximate surface area is 119 Å². The first kappa shape index (κ1) is 14.7. The van der Waals surface area contributed by atoms with Crippen LogP contribution in [0.2, 0.25) is 0 Å². The van der Waals surface area contributed by atoms with Crippen molar-refractivity contribution in [3.8, 4) is 5.75 Å². The number of nitrogens with one attached hydrogen (secondary N) is 2. The molecule has 0 aromatic heterocycles. The number of amides is 2. The molecule has 0 saturated heterocycles. The second-order valence-electron chi connectivity index (χ2n) is 4.96. The average molecular weight is 278 g/mol. The minimum atomic E-state index is -0.188. The van der Waals surface area contributed by atoms with Crippen LogP contribution in [0.4, 0.5) is 4.79 Å². The molecule has 0 aliphatic carbocycles. The summed E-state index contributed by atoms with van der Waals surface area (Å²) in [6.07, 6.45) is 2.15. The maximum atomic E-state index is 12.0. The van der Waals surface area contributed by atoms with Gasteiger partial charge >= 0.3 is 6.03 Å². The highest BCUT2D eigenvalue weighted by Gasteiger charge is 2.23. The van der Waals surface area contributed by atoms with E-state index in [-0.39, 0.29) is 24.7 Å². The summed E-state index contributed by atoms with van der Waals surface area (Å²) in [5, 5.41) is 14.8. The molecule has 1 aromatic rings. The topological polar surface area (TPSA) is 70.6 Å². The van der Waals surface area contributed by atoms with Crippen molar-refractivity contribution in [2.75, 3.05) is 13.2 Å². The molecule has 1 aromatic carbocycles. The summed E-state index contributed by atoms with van der Waals surface area (Å²) in [4.78, 5) is 12.0. The number of para-hydroxylation sites is 1. The lowest BCUT2D eigenvalue weighted by atomic mass is 10.0. The number of ether oxygens (including phenoxy) is 1. The Balaban J connectivity index is 1.95. The molecule has 5 nitrogen and oxygen atoms in total. The van der Waals surface area contributed by atoms with Crippen LogP contribution in [-0.2, 0) is 0 Å². The van der Waals surface area contributed by atoms with Crippen molar-refractivity contribution < 1.29 is 14.6 Å². The van der Waals surface area contributed by atoms with E-state index in [2.05, 4.69) is 10.6 Å². The summed E-state index contributed by atoms with van der Waals surface area (Å²) >= 11 is 0. The zero-order valence-electron chi connectivity index (χ0n) is 11.8. The average Bonchev–Trinajstić information content (AvgIpc) is 2.47. The Morgan fingerprint density at radius 3 is 3.05 bits per heavy atom. The lowest BCUT2D eigenvalue weighted by Crippen LogP contribution is -2.44. The SMILES string of the molecule is CCC(CCO)NC(=O)NC1CCOc2ccccc21. The molecule has 0 fully saturated rings. The number of carbonyl (C=O) groups excluding carboxylic acids is 1. The largest absolute Gasteiger partial charge is 0.493 e. The maximum absolute atomic E-state index is 12.0. The molecule has 1 aliphatic heterocycles. The van der Waals surface area contributed by atoms with Crippen LogP contribution in [-0.4, -0.2) is 30.4 Å². The summed E-state index contributed by atoms with van der Waals surface area (Å²) in [6.45, 7) is 2.68. The molecule has 2 amide bonds. The van der Waals surface area contributed by atoms with Gasteiger partial charge in [0.1, 0.15) is 5.75 Å². The van der Waals surface area contributed by atoms with Gasteiger partial charge in [-0.05, 0) is 18.9 Å². The van der Waals surface area contributed by atoms with Crippen molar-refractivity contribution in [3.05, 3.63) is 29.8 Å². The number of fused-ring (bicyclic) bond motifs is 1. The quantitative estimate of drug-likeness (QED) is 0.771. The number of rotatable bonds is 5. The number of benzene rings is 1. The van der Waals surface area contributed by atoms with E-state index in [0.29, 0.717) is 13.0 Å². The van der Waals surface area contributed by atoms with Crippen LogP contribution in [0.15, 0.2) is 24.3 Å². The van der Waals surface area contributed by atoms with Gasteiger partial charge < -0.3 is 20.5 Å². The number of aliphatic hydroxyl groups is 1. The normalized spacial score (nSPS) is 18.6. The van der Waals surface area contributed by atoms with E-state index in [1.165, 1.54) is 0 Å². The molecule has 0 bridgehead atoms. The van der Waals surface area contributed by atoms with Crippen molar-refractivity contribution in [2.45, 2.75) is 38.3 Å². The number of hydrogen-bond donors (Lipinski definition) is 3. The van der Waals surface area contributed by atoms with E-state index in [1.54, 1.807) is 0 Å². The molecule has 5 heteroatoms. The van der Waals surface area contributed by atoms with Crippen molar-refractivity contribution in [1.29, 1.82) is 0 Å². The van der Waals surface area contributed by atoms with Gasteiger partial charge in [0, 0.05) is 24.6 Å². The van der Waals surface area contributed by atoms with Crippen LogP contribution in [0.5, 0.6) is 5.75 Å². The highest BCUT2D eigenvalue weighted by Crippen LogP contribution is 2.31. The maximum Gasteiger partial charge on any atom is 0.315 e. The molecule has 0 saturated carbocycles. The van der Waals surface area contributed by atoms with Crippen LogP contribution in [0.1, 0.15) is 37.8 Å². The molecule has 3 N–H and O–H groups in total. The molecule has 2 atom stereocenters. The standard InChI is InChI=1S/C15H22N2O3/c1-2-11(7-9-18)16-15(19)17-13-8-10-20-14-6-4-3-5-12(13)14/h3-6,11,13,18H,2,7-10H2,1H3,(H2,16,17,19). The summed E-state index contributed by atoms with van der Waals surface area (Å²) in [7, 11) is 0. The summed E-state index contributed by atoms with van der Waals surface area (Å²) in [5.41, 5.74) is 1.02. The Morgan fingerprint density at radius 1 is 1.50 bits per heavy atom. The van der Waals surface area contributed by atoms with Gasteiger partial charge in [0.05, 0.1) is 12.6 Å². The van der Waals surface area contributed by atoms with Crippen molar-refractivity contribution in [3.63, 3.8) is 0 Å². The first-order valence-corrected chi connectivity index (χ1v) is 7.14. The molecule has 0 spiro atoms. The van der Waals surface area contributed by atoms with Crippen LogP contribution in [0.3, 0.4) is 0 Å². The van der Waals surface area contributed by atoms with Gasteiger partial charge in [-0.1, -0.05) is 25.1 Å². The summed E-state index contributed by atoms with van der Waals surface area (Å²) in [5.74, 6) is 0.839. The first-order valence-electron chi connectivity index (χ1n) is 7.14. The third-order valence-electron chi connectivity index (χ3n) is 3.57. The Morgan fingerprint density at radius 2 is 2.30 bits per heavy atom. The Bertz CT molecular complexity index is 450. The second-order valence-corrected chi connectivity index (χ2v) is 4.96. The van der Waals surface area contributed by atoms with Gasteiger partial charge in [-0.2, -0.15) is 0 Å². The minimum Gasteiger partial charge on any atom is -0.493 e. The lowest BCUT2D eigenvalue weighted by Gasteiger charge is -2.27. The van der Waals surface area contributed by atoms with Gasteiger partial charge in [0.25, 0.3) is 0 Å². The highest BCUT2D eigenvalue weighted by atomic mass is 16.5. The van der Waals surface area contributed by atoms with E-state index >= 15 is 0 Å². The van der Waals surface area contributed by atoms with E-state index in [1.807, 2.05) is 31.2 Å². The molecule has 1 heterocycles. The third kappa shape index (κ3) is 3.63. The number of urea groups is 1. The van der Waals surface area contributed by atoms with Gasteiger partial charge in [-0.3, -0.25) is 0 Å². The smallest absolute Gasteiger partial charge is 0.315 e. The predicted octanol–water partition coefficient (Wildman–Crippen LogP) is 1.97. The summed E-state index contributed by atoms with van der Waals surface area (Å²) in [6, 6.07) is 7.57. The highest BCUT2D eigenvalue weighted by molar-refractivity contribution is 5.75. The van der Waals surface area contributed by atoms with Crippen LogP contribution < -0.4 is 15.4 Å². The van der Waals surface area contributed by atoms with Crippen molar-refractivity contribution in [1.82, 2.24) is 10.6 Å². The van der Waals surface area contributed by atoms with E-state index in [4.69, 9.17) is 9.84 Å². The van der Waals surface area contributed by atoms with Crippen LogP contribution in [0, 0.1) is 0 Å². The third-order valence-corrected chi connectivity index (χ3v) is 3.57. The van der Waals surface area contributed by atoms with Crippen LogP contribution >= 0.6 is 0 Å². The lowest BCUT2D eigenvalue weighted by molar-refractivity contribution is 0.215. The molecule has 110 valence electrons. The zero-order valence-corrected chi connectivity index (χ0v) is 11.8. The molecular weight excluding hydrogens is 256 g/mol. The Hall–Kier alpha value is -1.75. The van der Waals surface area contributed by atoms with E-state index in [9.17, 15) is 4.79 Å². The summed E-state index contributed by atoms with van der Waals surface area (Å²) < 4.78 is 5.57. The fraction of sp³-hybridized carbons (Fsp3) is 0.533. The van der Waals surface area contributed by atoms with Gasteiger partial charge in [-0.15, -0.1) is 0 Å². The fourth-order valence-corrected chi connectivity index (χ4v) is 2.41. The molecule has 2 unspecified atom stereocenters. The van der Waals surface area contributed by atoms with E-state index < -0.39 is 0 Å². The number of aliphatic hydroxyl groups excluding tert-OH is 1. The second kappa shape index (κ2) is 7.14. The zero-order chi connectivity index (χ0) is 14.4. The fourth-order valence-electron chi connectivity index (χ4n) is 2.41. The number of hydrogen-bond acceptors (Lipinski definition) is 3. The van der Waals surface area contributed by atoms with Gasteiger partial charge in [-0.25, -0.2) is 4.79 Å². The molecule has 1 aliphatic rings. The first-order chi connectivity index (χ1) is 9.74. The van der Waals surface area contributed by atoms with Crippen molar-refractivity contribution >= 4 is 6.03 Å². The number of carbonyl (C=O) groups is 1. The molecular formula is C15H22N2O3. The van der Waals surface area contributed by atoms with E-state index in [0.717, 1.165) is 24.2 Å². The molecule has 20 heavy (non-hydrogen) atoms. The molecule has 2 rings (SSSR count). The predicted molar refractivity (Wildman–Crippen MR) is 76.7 cm³/mol. The monoisotopic (exact) mass is 278 g/mol. The van der Waals surface area contributed by atoms with Gasteiger partial charge in [0.2, 0.25) is 0 Å². The Kier molecular flexibility index (Phi) is 5.24.